The van der Waals surface area contributed by atoms with Crippen molar-refractivity contribution >= 4 is 11.3 Å². The largest absolute Gasteiger partial charge is 0.383 e. The van der Waals surface area contributed by atoms with E-state index in [2.05, 4.69) is 22.8 Å². The van der Waals surface area contributed by atoms with Crippen molar-refractivity contribution in [3.63, 3.8) is 0 Å². The lowest BCUT2D eigenvalue weighted by atomic mass is 10.2. The van der Waals surface area contributed by atoms with Gasteiger partial charge >= 0.3 is 0 Å². The van der Waals surface area contributed by atoms with Crippen LogP contribution >= 0.6 is 11.3 Å². The summed E-state index contributed by atoms with van der Waals surface area (Å²) in [5.74, 6) is 0. The summed E-state index contributed by atoms with van der Waals surface area (Å²) in [6.07, 6.45) is 2.22. The van der Waals surface area contributed by atoms with Gasteiger partial charge in [-0.25, -0.2) is 0 Å². The molecule has 1 aliphatic rings. The van der Waals surface area contributed by atoms with Gasteiger partial charge in [0.2, 0.25) is 0 Å². The molecule has 2 heterocycles. The van der Waals surface area contributed by atoms with Crippen LogP contribution in [-0.4, -0.2) is 24.8 Å². The lowest BCUT2D eigenvalue weighted by Crippen LogP contribution is -2.28. The normalized spacial score (nSPS) is 14.5. The van der Waals surface area contributed by atoms with Crippen LogP contribution in [-0.2, 0) is 11.3 Å². The summed E-state index contributed by atoms with van der Waals surface area (Å²) >= 11 is 1.68. The number of nitrogens with one attached hydrogen (secondary N) is 1. The Balaban J connectivity index is 1.87. The molecule has 1 fully saturated rings. The standard InChI is InChI=1S/C16H20N2O2S/c1-20-9-8-17-11-12-4-7-14(15-3-2-10-21-15)18(16(12)19)13-5-6-13/h2-4,7,10,13,17H,5-6,8-9,11H2,1H3. The number of ether oxygens (including phenoxy) is 1. The van der Waals surface area contributed by atoms with Crippen molar-refractivity contribution in [2.24, 2.45) is 0 Å². The van der Waals surface area contributed by atoms with E-state index in [1.807, 2.05) is 16.7 Å². The highest BCUT2D eigenvalue weighted by molar-refractivity contribution is 7.13. The topological polar surface area (TPSA) is 43.3 Å². The second kappa shape index (κ2) is 6.56. The Bertz CT molecular complexity index is 645. The Morgan fingerprint density at radius 1 is 1.38 bits per heavy atom. The number of hydrogen-bond acceptors (Lipinski definition) is 4. The molecule has 0 radical (unpaired) electrons. The highest BCUT2D eigenvalue weighted by Gasteiger charge is 2.28. The Kier molecular flexibility index (Phi) is 4.53. The molecule has 1 N–H and O–H groups in total. The molecule has 3 rings (SSSR count). The first-order chi connectivity index (χ1) is 10.3. The van der Waals surface area contributed by atoms with Crippen LogP contribution in [0.1, 0.15) is 24.4 Å². The molecule has 2 aromatic rings. The van der Waals surface area contributed by atoms with Gasteiger partial charge in [-0.15, -0.1) is 11.3 Å². The minimum Gasteiger partial charge on any atom is -0.383 e. The molecule has 0 unspecified atom stereocenters. The van der Waals surface area contributed by atoms with Crippen LogP contribution in [0.3, 0.4) is 0 Å². The monoisotopic (exact) mass is 304 g/mol. The van der Waals surface area contributed by atoms with Crippen molar-refractivity contribution in [3.8, 4) is 10.6 Å². The molecule has 0 atom stereocenters. The van der Waals surface area contributed by atoms with Crippen LogP contribution in [0, 0.1) is 0 Å². The minimum atomic E-state index is 0.147. The molecule has 0 aromatic carbocycles. The molecule has 0 bridgehead atoms. The second-order valence-electron chi connectivity index (χ2n) is 5.30. The fraction of sp³-hybridized carbons (Fsp3) is 0.438. The number of hydrogen-bond donors (Lipinski definition) is 1. The highest BCUT2D eigenvalue weighted by atomic mass is 32.1. The SMILES string of the molecule is COCCNCc1ccc(-c2cccs2)n(C2CC2)c1=O. The summed E-state index contributed by atoms with van der Waals surface area (Å²) < 4.78 is 6.99. The van der Waals surface area contributed by atoms with Crippen molar-refractivity contribution in [3.05, 3.63) is 45.6 Å². The minimum absolute atomic E-state index is 0.147. The second-order valence-corrected chi connectivity index (χ2v) is 6.24. The van der Waals surface area contributed by atoms with E-state index in [1.54, 1.807) is 18.4 Å². The van der Waals surface area contributed by atoms with Crippen LogP contribution < -0.4 is 10.9 Å². The van der Waals surface area contributed by atoms with Crippen LogP contribution in [0.2, 0.25) is 0 Å². The van der Waals surface area contributed by atoms with E-state index in [-0.39, 0.29) is 5.56 Å². The van der Waals surface area contributed by atoms with Crippen LogP contribution in [0.4, 0.5) is 0 Å². The van der Waals surface area contributed by atoms with Crippen molar-refractivity contribution in [1.29, 1.82) is 0 Å². The average molecular weight is 304 g/mol. The van der Waals surface area contributed by atoms with Gasteiger partial charge in [-0.05, 0) is 30.4 Å². The number of thiophene rings is 1. The first kappa shape index (κ1) is 14.5. The summed E-state index contributed by atoms with van der Waals surface area (Å²) in [7, 11) is 1.68. The molecule has 0 saturated heterocycles. The number of methoxy groups -OCH3 is 1. The predicted molar refractivity (Wildman–Crippen MR) is 85.9 cm³/mol. The maximum Gasteiger partial charge on any atom is 0.255 e. The van der Waals surface area contributed by atoms with Gasteiger partial charge in [0, 0.05) is 31.8 Å². The zero-order chi connectivity index (χ0) is 14.7. The van der Waals surface area contributed by atoms with Crippen LogP contribution in [0.5, 0.6) is 0 Å². The van der Waals surface area contributed by atoms with E-state index in [0.29, 0.717) is 19.2 Å². The summed E-state index contributed by atoms with van der Waals surface area (Å²) in [4.78, 5) is 13.9. The summed E-state index contributed by atoms with van der Waals surface area (Å²) in [5.41, 5.74) is 2.03. The van der Waals surface area contributed by atoms with E-state index in [1.165, 1.54) is 0 Å². The summed E-state index contributed by atoms with van der Waals surface area (Å²) in [6, 6.07) is 8.53. The first-order valence-electron chi connectivity index (χ1n) is 7.29. The van der Waals surface area contributed by atoms with Gasteiger partial charge in [0.05, 0.1) is 17.2 Å². The van der Waals surface area contributed by atoms with E-state index in [4.69, 9.17) is 4.74 Å². The van der Waals surface area contributed by atoms with Gasteiger partial charge in [-0.1, -0.05) is 12.1 Å². The maximum atomic E-state index is 12.7. The molecule has 0 aliphatic heterocycles. The fourth-order valence-corrected chi connectivity index (χ4v) is 3.20. The van der Waals surface area contributed by atoms with Gasteiger partial charge in [-0.3, -0.25) is 4.79 Å². The first-order valence-corrected chi connectivity index (χ1v) is 8.17. The summed E-state index contributed by atoms with van der Waals surface area (Å²) in [6.45, 7) is 2.01. The molecule has 112 valence electrons. The van der Waals surface area contributed by atoms with E-state index >= 15 is 0 Å². The molecule has 4 nitrogen and oxygen atoms in total. The zero-order valence-corrected chi connectivity index (χ0v) is 13.0. The van der Waals surface area contributed by atoms with Gasteiger partial charge in [0.15, 0.2) is 0 Å². The number of aromatic nitrogens is 1. The van der Waals surface area contributed by atoms with Gasteiger partial charge < -0.3 is 14.6 Å². The molecule has 1 saturated carbocycles. The van der Waals surface area contributed by atoms with Crippen molar-refractivity contribution in [2.75, 3.05) is 20.3 Å². The van der Waals surface area contributed by atoms with Crippen LogP contribution in [0.25, 0.3) is 10.6 Å². The summed E-state index contributed by atoms with van der Waals surface area (Å²) in [5, 5.41) is 5.30. The molecule has 21 heavy (non-hydrogen) atoms. The van der Waals surface area contributed by atoms with Gasteiger partial charge in [0.1, 0.15) is 0 Å². The molecule has 5 heteroatoms. The Morgan fingerprint density at radius 2 is 2.24 bits per heavy atom. The van der Waals surface area contributed by atoms with E-state index in [0.717, 1.165) is 35.5 Å². The van der Waals surface area contributed by atoms with Crippen molar-refractivity contribution in [1.82, 2.24) is 9.88 Å². The van der Waals surface area contributed by atoms with Crippen molar-refractivity contribution < 1.29 is 4.74 Å². The van der Waals surface area contributed by atoms with Crippen molar-refractivity contribution in [2.45, 2.75) is 25.4 Å². The highest BCUT2D eigenvalue weighted by Crippen LogP contribution is 2.38. The Hall–Kier alpha value is -1.43. The molecule has 0 amide bonds. The smallest absolute Gasteiger partial charge is 0.255 e. The molecule has 0 spiro atoms. The number of pyridine rings is 1. The van der Waals surface area contributed by atoms with Crippen LogP contribution in [0.15, 0.2) is 34.4 Å². The fourth-order valence-electron chi connectivity index (χ4n) is 2.45. The average Bonchev–Trinajstić information content (AvgIpc) is 3.18. The van der Waals surface area contributed by atoms with E-state index in [9.17, 15) is 4.79 Å². The number of rotatable bonds is 7. The Labute approximate surface area is 128 Å². The maximum absolute atomic E-state index is 12.7. The Morgan fingerprint density at radius 3 is 2.90 bits per heavy atom. The lowest BCUT2D eigenvalue weighted by molar-refractivity contribution is 0.199. The van der Waals surface area contributed by atoms with E-state index < -0.39 is 0 Å². The molecular formula is C16H20N2O2S. The van der Waals surface area contributed by atoms with Gasteiger partial charge in [0.25, 0.3) is 5.56 Å². The quantitative estimate of drug-likeness (QED) is 0.800. The molecular weight excluding hydrogens is 284 g/mol. The zero-order valence-electron chi connectivity index (χ0n) is 12.2. The lowest BCUT2D eigenvalue weighted by Gasteiger charge is -2.13. The molecule has 1 aliphatic carbocycles. The predicted octanol–water partition coefficient (Wildman–Crippen LogP) is 2.65. The third-order valence-corrected chi connectivity index (χ3v) is 4.57. The third kappa shape index (κ3) is 3.26. The van der Waals surface area contributed by atoms with Gasteiger partial charge in [-0.2, -0.15) is 0 Å². The third-order valence-electron chi connectivity index (χ3n) is 3.68. The molecule has 2 aromatic heterocycles. The number of nitrogens with zero attached hydrogens (tertiary/aromatic N) is 1.